The summed E-state index contributed by atoms with van der Waals surface area (Å²) in [6.45, 7) is -0.536. The molecule has 6 heteroatoms. The van der Waals surface area contributed by atoms with Crippen molar-refractivity contribution in [3.63, 3.8) is 0 Å². The summed E-state index contributed by atoms with van der Waals surface area (Å²) in [6, 6.07) is 11.4. The molecule has 1 fully saturated rings. The van der Waals surface area contributed by atoms with Crippen molar-refractivity contribution in [2.45, 2.75) is 37.0 Å². The van der Waals surface area contributed by atoms with Crippen molar-refractivity contribution < 1.29 is 17.9 Å². The predicted octanol–water partition coefficient (Wildman–Crippen LogP) is 3.13. The third-order valence-corrected chi connectivity index (χ3v) is 3.33. The fraction of sp³-hybridized carbons (Fsp3) is 0.533. The number of benzene rings is 1. The van der Waals surface area contributed by atoms with Gasteiger partial charge in [-0.3, -0.25) is 5.32 Å². The molecule has 1 aliphatic rings. The first-order valence-electron chi connectivity index (χ1n) is 6.84. The molecule has 0 aromatic heterocycles. The van der Waals surface area contributed by atoms with Gasteiger partial charge < -0.3 is 4.74 Å². The molecule has 0 radical (unpaired) electrons. The van der Waals surface area contributed by atoms with Gasteiger partial charge in [0.05, 0.1) is 25.7 Å². The van der Waals surface area contributed by atoms with Crippen LogP contribution in [0, 0.1) is 11.3 Å². The largest absolute Gasteiger partial charge is 0.391 e. The van der Waals surface area contributed by atoms with Crippen molar-refractivity contribution in [3.8, 4) is 6.07 Å². The molecule has 0 aliphatic heterocycles. The van der Waals surface area contributed by atoms with Gasteiger partial charge >= 0.3 is 6.18 Å². The number of hydrogen-bond acceptors (Lipinski definition) is 3. The molecule has 3 nitrogen and oxygen atoms in total. The zero-order chi connectivity index (χ0) is 15.3. The molecule has 21 heavy (non-hydrogen) atoms. The first-order chi connectivity index (χ1) is 9.95. The van der Waals surface area contributed by atoms with E-state index < -0.39 is 24.7 Å². The van der Waals surface area contributed by atoms with Gasteiger partial charge in [-0.1, -0.05) is 30.3 Å². The van der Waals surface area contributed by atoms with Gasteiger partial charge in [-0.05, 0) is 18.4 Å². The highest BCUT2D eigenvalue weighted by atomic mass is 19.4. The van der Waals surface area contributed by atoms with Crippen LogP contribution in [-0.4, -0.2) is 25.4 Å². The SMILES string of the molecule is N#CC(COCCC(F)(F)F)(NC1CC1)c1ccccc1. The molecule has 0 heterocycles. The maximum absolute atomic E-state index is 12.1. The number of rotatable bonds is 7. The van der Waals surface area contributed by atoms with E-state index in [4.69, 9.17) is 4.74 Å². The number of nitrogens with zero attached hydrogens (tertiary/aromatic N) is 1. The van der Waals surface area contributed by atoms with Crippen LogP contribution in [0.4, 0.5) is 13.2 Å². The van der Waals surface area contributed by atoms with Gasteiger partial charge in [0.25, 0.3) is 0 Å². The molecule has 0 amide bonds. The minimum Gasteiger partial charge on any atom is -0.378 e. The Hall–Kier alpha value is -1.58. The molecular weight excluding hydrogens is 281 g/mol. The molecule has 2 rings (SSSR count). The van der Waals surface area contributed by atoms with Crippen LogP contribution in [0.3, 0.4) is 0 Å². The Kier molecular flexibility index (Phi) is 4.86. The summed E-state index contributed by atoms with van der Waals surface area (Å²) in [6.07, 6.45) is -3.31. The summed E-state index contributed by atoms with van der Waals surface area (Å²) < 4.78 is 41.6. The van der Waals surface area contributed by atoms with E-state index >= 15 is 0 Å². The molecule has 1 atom stereocenters. The molecule has 0 bridgehead atoms. The van der Waals surface area contributed by atoms with Crippen molar-refractivity contribution >= 4 is 0 Å². The fourth-order valence-electron chi connectivity index (χ4n) is 2.05. The van der Waals surface area contributed by atoms with Gasteiger partial charge in [-0.2, -0.15) is 18.4 Å². The Morgan fingerprint density at radius 3 is 2.43 bits per heavy atom. The summed E-state index contributed by atoms with van der Waals surface area (Å²) in [4.78, 5) is 0. The second-order valence-electron chi connectivity index (χ2n) is 5.22. The molecule has 1 aromatic rings. The van der Waals surface area contributed by atoms with Gasteiger partial charge in [0, 0.05) is 6.04 Å². The summed E-state index contributed by atoms with van der Waals surface area (Å²) in [5, 5.41) is 12.8. The lowest BCUT2D eigenvalue weighted by Gasteiger charge is -2.28. The number of hydrogen-bond donors (Lipinski definition) is 1. The number of nitrogens with one attached hydrogen (secondary N) is 1. The summed E-state index contributed by atoms with van der Waals surface area (Å²) in [7, 11) is 0. The van der Waals surface area contributed by atoms with Crippen LogP contribution in [0.2, 0.25) is 0 Å². The first kappa shape index (κ1) is 15.8. The highest BCUT2D eigenvalue weighted by Gasteiger charge is 2.38. The molecule has 0 spiro atoms. The van der Waals surface area contributed by atoms with Crippen LogP contribution in [0.25, 0.3) is 0 Å². The van der Waals surface area contributed by atoms with E-state index in [9.17, 15) is 18.4 Å². The summed E-state index contributed by atoms with van der Waals surface area (Å²) >= 11 is 0. The Labute approximate surface area is 121 Å². The number of halogens is 3. The summed E-state index contributed by atoms with van der Waals surface area (Å²) in [5.41, 5.74) is -0.375. The first-order valence-corrected chi connectivity index (χ1v) is 6.84. The second-order valence-corrected chi connectivity index (χ2v) is 5.22. The minimum absolute atomic E-state index is 0.0971. The normalized spacial score (nSPS) is 18.0. The summed E-state index contributed by atoms with van der Waals surface area (Å²) in [5.74, 6) is 0. The zero-order valence-electron chi connectivity index (χ0n) is 11.5. The molecule has 1 aromatic carbocycles. The number of ether oxygens (including phenoxy) is 1. The molecule has 114 valence electrons. The van der Waals surface area contributed by atoms with Crippen LogP contribution in [-0.2, 0) is 10.3 Å². The van der Waals surface area contributed by atoms with Crippen LogP contribution in [0.15, 0.2) is 30.3 Å². The standard InChI is InChI=1S/C15H17F3N2O/c16-15(17,18)8-9-21-11-14(10-19,20-13-6-7-13)12-4-2-1-3-5-12/h1-5,13,20H,6-9,11H2. The van der Waals surface area contributed by atoms with E-state index in [1.807, 2.05) is 6.07 Å². The molecule has 1 saturated carbocycles. The topological polar surface area (TPSA) is 45.0 Å². The van der Waals surface area contributed by atoms with Crippen molar-refractivity contribution in [2.24, 2.45) is 0 Å². The average Bonchev–Trinajstić information content (AvgIpc) is 3.26. The smallest absolute Gasteiger partial charge is 0.378 e. The van der Waals surface area contributed by atoms with Crippen molar-refractivity contribution in [1.29, 1.82) is 5.26 Å². The van der Waals surface area contributed by atoms with E-state index in [0.29, 0.717) is 5.56 Å². The van der Waals surface area contributed by atoms with Crippen LogP contribution >= 0.6 is 0 Å². The van der Waals surface area contributed by atoms with Crippen molar-refractivity contribution in [1.82, 2.24) is 5.32 Å². The second kappa shape index (κ2) is 6.46. The zero-order valence-corrected chi connectivity index (χ0v) is 11.5. The van der Waals surface area contributed by atoms with E-state index in [2.05, 4.69) is 11.4 Å². The van der Waals surface area contributed by atoms with Gasteiger partial charge in [0.15, 0.2) is 5.54 Å². The van der Waals surface area contributed by atoms with Gasteiger partial charge in [-0.15, -0.1) is 0 Å². The maximum atomic E-state index is 12.1. The average molecular weight is 298 g/mol. The molecule has 1 unspecified atom stereocenters. The van der Waals surface area contributed by atoms with Crippen molar-refractivity contribution in [3.05, 3.63) is 35.9 Å². The third-order valence-electron chi connectivity index (χ3n) is 3.33. The van der Waals surface area contributed by atoms with Gasteiger partial charge in [0.2, 0.25) is 0 Å². The fourth-order valence-corrected chi connectivity index (χ4v) is 2.05. The maximum Gasteiger partial charge on any atom is 0.391 e. The molecule has 0 saturated heterocycles. The highest BCUT2D eigenvalue weighted by Crippen LogP contribution is 2.29. The number of nitriles is 1. The quantitative estimate of drug-likeness (QED) is 0.787. The Bertz CT molecular complexity index is 494. The van der Waals surface area contributed by atoms with Crippen LogP contribution in [0.1, 0.15) is 24.8 Å². The van der Waals surface area contributed by atoms with E-state index in [1.54, 1.807) is 24.3 Å². The van der Waals surface area contributed by atoms with Crippen LogP contribution in [0.5, 0.6) is 0 Å². The number of alkyl halides is 3. The lowest BCUT2D eigenvalue weighted by molar-refractivity contribution is -0.146. The van der Waals surface area contributed by atoms with Crippen LogP contribution < -0.4 is 5.32 Å². The van der Waals surface area contributed by atoms with E-state index in [-0.39, 0.29) is 12.6 Å². The Balaban J connectivity index is 2.03. The Morgan fingerprint density at radius 2 is 1.90 bits per heavy atom. The molecule has 1 aliphatic carbocycles. The lowest BCUT2D eigenvalue weighted by Crippen LogP contribution is -2.46. The van der Waals surface area contributed by atoms with E-state index in [1.165, 1.54) is 0 Å². The lowest BCUT2D eigenvalue weighted by atomic mass is 9.92. The monoisotopic (exact) mass is 298 g/mol. The third kappa shape index (κ3) is 4.73. The molecular formula is C15H17F3N2O. The van der Waals surface area contributed by atoms with Gasteiger partial charge in [0.1, 0.15) is 0 Å². The highest BCUT2D eigenvalue weighted by molar-refractivity contribution is 5.32. The minimum atomic E-state index is -4.24. The predicted molar refractivity (Wildman–Crippen MR) is 71.4 cm³/mol. The van der Waals surface area contributed by atoms with Crippen molar-refractivity contribution in [2.75, 3.05) is 13.2 Å². The van der Waals surface area contributed by atoms with E-state index in [0.717, 1.165) is 12.8 Å². The molecule has 1 N–H and O–H groups in total. The van der Waals surface area contributed by atoms with Gasteiger partial charge in [-0.25, -0.2) is 0 Å². The Morgan fingerprint density at radius 1 is 1.24 bits per heavy atom.